The zero-order valence-electron chi connectivity index (χ0n) is 23.1. The molecule has 0 aromatic heterocycles. The number of hydrogen-bond acceptors (Lipinski definition) is 5. The van der Waals surface area contributed by atoms with Crippen LogP contribution in [0.5, 0.6) is 0 Å². The Labute approximate surface area is 231 Å². The third-order valence-electron chi connectivity index (χ3n) is 5.79. The van der Waals surface area contributed by atoms with Crippen LogP contribution in [0.2, 0.25) is 5.54 Å². The lowest BCUT2D eigenvalue weighted by molar-refractivity contribution is -0.112. The summed E-state index contributed by atoms with van der Waals surface area (Å²) in [5, 5.41) is 6.47. The number of anilines is 2. The van der Waals surface area contributed by atoms with Crippen molar-refractivity contribution < 1.29 is 18.1 Å². The Bertz CT molecular complexity index is 933. The summed E-state index contributed by atoms with van der Waals surface area (Å²) in [6.45, 7) is 16.7. The van der Waals surface area contributed by atoms with Gasteiger partial charge in [-0.15, -0.1) is 12.4 Å². The average molecular weight is 549 g/mol. The molecule has 0 saturated heterocycles. The summed E-state index contributed by atoms with van der Waals surface area (Å²) in [6.07, 6.45) is 3.69. The Morgan fingerprint density at radius 3 is 1.97 bits per heavy atom. The summed E-state index contributed by atoms with van der Waals surface area (Å²) >= 11 is 0. The highest BCUT2D eigenvalue weighted by Gasteiger charge is 2.46. The minimum Gasteiger partial charge on any atom is -0.385 e. The highest BCUT2D eigenvalue weighted by atomic mass is 35.5. The van der Waals surface area contributed by atoms with E-state index >= 15 is 0 Å². The van der Waals surface area contributed by atoms with Crippen LogP contribution in [0.1, 0.15) is 60.3 Å². The minimum absolute atomic E-state index is 0. The van der Waals surface area contributed by atoms with Crippen molar-refractivity contribution in [1.29, 1.82) is 0 Å². The van der Waals surface area contributed by atoms with Crippen molar-refractivity contribution in [3.05, 3.63) is 60.7 Å². The fourth-order valence-electron chi connectivity index (χ4n) is 3.74. The van der Waals surface area contributed by atoms with E-state index in [9.17, 15) is 4.79 Å². The van der Waals surface area contributed by atoms with E-state index in [0.29, 0.717) is 25.4 Å². The number of carbonyl (C=O) groups excluding carboxylic acids is 1. The van der Waals surface area contributed by atoms with E-state index in [1.54, 1.807) is 6.92 Å². The lowest BCUT2D eigenvalue weighted by atomic mass is 10.0. The second kappa shape index (κ2) is 17.4. The van der Waals surface area contributed by atoms with Crippen molar-refractivity contribution in [2.45, 2.75) is 65.8 Å². The summed E-state index contributed by atoms with van der Waals surface area (Å²) in [4.78, 5) is 11.9. The smallest absolute Gasteiger partial charge is 0.385 e. The maximum atomic E-state index is 11.9. The summed E-state index contributed by atoms with van der Waals surface area (Å²) in [5.41, 5.74) is 4.66. The quantitative estimate of drug-likeness (QED) is 0.156. The van der Waals surface area contributed by atoms with E-state index in [2.05, 4.69) is 57.0 Å². The van der Waals surface area contributed by atoms with E-state index in [-0.39, 0.29) is 23.9 Å². The molecule has 0 aliphatic rings. The van der Waals surface area contributed by atoms with Crippen LogP contribution in [0.4, 0.5) is 11.4 Å². The largest absolute Gasteiger partial charge is 0.504 e. The molecule has 1 amide bonds. The number of benzene rings is 2. The molecule has 1 atom stereocenters. The predicted molar refractivity (Wildman–Crippen MR) is 160 cm³/mol. The lowest BCUT2D eigenvalue weighted by Crippen LogP contribution is -2.50. The van der Waals surface area contributed by atoms with Crippen molar-refractivity contribution in [1.82, 2.24) is 0 Å². The van der Waals surface area contributed by atoms with Gasteiger partial charge in [0.25, 0.3) is 5.91 Å². The summed E-state index contributed by atoms with van der Waals surface area (Å²) in [5.74, 6) is -0.174. The number of carbonyl (C=O) groups is 1. The van der Waals surface area contributed by atoms with Gasteiger partial charge in [0.05, 0.1) is 0 Å². The van der Waals surface area contributed by atoms with E-state index in [0.717, 1.165) is 54.7 Å². The monoisotopic (exact) mass is 548 g/mol. The molecule has 0 fully saturated rings. The zero-order chi connectivity index (χ0) is 26.4. The molecule has 0 spiro atoms. The summed E-state index contributed by atoms with van der Waals surface area (Å²) in [6, 6.07) is 16.1. The molecule has 37 heavy (non-hydrogen) atoms. The Morgan fingerprint density at radius 2 is 1.46 bits per heavy atom. The van der Waals surface area contributed by atoms with E-state index in [1.807, 2.05) is 36.4 Å². The van der Waals surface area contributed by atoms with Gasteiger partial charge in [0, 0.05) is 54.4 Å². The first-order valence-electron chi connectivity index (χ1n) is 13.2. The van der Waals surface area contributed by atoms with Crippen LogP contribution >= 0.6 is 12.4 Å². The number of hydrogen-bond donors (Lipinski definition) is 2. The van der Waals surface area contributed by atoms with Crippen molar-refractivity contribution in [2.75, 3.05) is 37.0 Å². The number of rotatable bonds is 17. The topological polar surface area (TPSA) is 68.8 Å². The third kappa shape index (κ3) is 10.3. The minimum atomic E-state index is -2.79. The predicted octanol–water partition coefficient (Wildman–Crippen LogP) is 7.70. The van der Waals surface area contributed by atoms with Gasteiger partial charge in [0.1, 0.15) is 0 Å². The molecule has 6 nitrogen and oxygen atoms in total. The maximum absolute atomic E-state index is 11.9. The second-order valence-electron chi connectivity index (χ2n) is 9.12. The molecule has 8 heteroatoms. The zero-order valence-corrected chi connectivity index (χ0v) is 24.9. The fraction of sp³-hybridized carbons (Fsp3) is 0.483. The maximum Gasteiger partial charge on any atom is 0.504 e. The molecule has 2 aromatic carbocycles. The first kappa shape index (κ1) is 32.9. The number of nitrogens with one attached hydrogen (secondary N) is 2. The van der Waals surface area contributed by atoms with Crippen LogP contribution < -0.4 is 10.6 Å². The SMILES string of the molecule is C=C(C)C(=O)Nc1ccc(-c2ccccc2NCCC(C)[Si](OCCC)(OCCC)OCCC)cc1.Cl. The Hall–Kier alpha value is -2.16. The van der Waals surface area contributed by atoms with Gasteiger partial charge in [-0.05, 0) is 56.4 Å². The first-order chi connectivity index (χ1) is 17.4. The van der Waals surface area contributed by atoms with Gasteiger partial charge in [-0.25, -0.2) is 0 Å². The molecular weight excluding hydrogens is 504 g/mol. The van der Waals surface area contributed by atoms with Crippen LogP contribution in [0.25, 0.3) is 11.1 Å². The molecular formula is C29H45ClN2O4Si. The average Bonchev–Trinajstić information content (AvgIpc) is 2.89. The van der Waals surface area contributed by atoms with Gasteiger partial charge < -0.3 is 23.9 Å². The van der Waals surface area contributed by atoms with Crippen molar-refractivity contribution in [2.24, 2.45) is 0 Å². The third-order valence-corrected chi connectivity index (χ3v) is 9.10. The van der Waals surface area contributed by atoms with E-state index < -0.39 is 8.80 Å². The Morgan fingerprint density at radius 1 is 0.919 bits per heavy atom. The Balaban J connectivity index is 0.00000684. The van der Waals surface area contributed by atoms with Gasteiger partial charge in [0.2, 0.25) is 0 Å². The molecule has 0 bridgehead atoms. The van der Waals surface area contributed by atoms with Gasteiger partial charge >= 0.3 is 8.80 Å². The molecule has 2 aromatic rings. The molecule has 2 N–H and O–H groups in total. The number of para-hydroxylation sites is 1. The first-order valence-corrected chi connectivity index (χ1v) is 15.0. The standard InChI is InChI=1S/C29H44N2O4Si.ClH/c1-7-20-33-36(34-21-8-2,35-22-9-3)24(6)18-19-30-28-13-11-10-12-27(28)25-14-16-26(17-15-25)31-29(32)23(4)5;/h10-17,24,30H,4,7-9,18-22H2,1-3,5-6H3,(H,31,32);1H. The van der Waals surface area contributed by atoms with Crippen molar-refractivity contribution in [3.63, 3.8) is 0 Å². The molecule has 1 unspecified atom stereocenters. The summed E-state index contributed by atoms with van der Waals surface area (Å²) in [7, 11) is -2.79. The van der Waals surface area contributed by atoms with Gasteiger partial charge in [-0.1, -0.05) is 64.6 Å². The van der Waals surface area contributed by atoms with E-state index in [1.165, 1.54) is 0 Å². The number of amides is 1. The van der Waals surface area contributed by atoms with Crippen LogP contribution in [0.15, 0.2) is 60.7 Å². The highest BCUT2D eigenvalue weighted by Crippen LogP contribution is 2.32. The van der Waals surface area contributed by atoms with Crippen LogP contribution in [0, 0.1) is 0 Å². The molecule has 0 heterocycles. The molecule has 206 valence electrons. The van der Waals surface area contributed by atoms with Gasteiger partial charge in [0.15, 0.2) is 0 Å². The summed E-state index contributed by atoms with van der Waals surface area (Å²) < 4.78 is 19.0. The van der Waals surface area contributed by atoms with Crippen molar-refractivity contribution >= 4 is 38.5 Å². The molecule has 0 aliphatic carbocycles. The lowest BCUT2D eigenvalue weighted by Gasteiger charge is -2.34. The second-order valence-corrected chi connectivity index (χ2v) is 12.2. The van der Waals surface area contributed by atoms with E-state index in [4.69, 9.17) is 13.3 Å². The normalized spacial score (nSPS) is 11.9. The van der Waals surface area contributed by atoms with Crippen molar-refractivity contribution in [3.8, 4) is 11.1 Å². The highest BCUT2D eigenvalue weighted by molar-refractivity contribution is 6.62. The molecule has 0 saturated carbocycles. The molecule has 0 radical (unpaired) electrons. The van der Waals surface area contributed by atoms with Crippen LogP contribution in [-0.4, -0.2) is 41.1 Å². The fourth-order valence-corrected chi connectivity index (χ4v) is 6.81. The number of halogens is 1. The molecule has 0 aliphatic heterocycles. The van der Waals surface area contributed by atoms with Gasteiger partial charge in [-0.2, -0.15) is 0 Å². The van der Waals surface area contributed by atoms with Crippen LogP contribution in [-0.2, 0) is 18.1 Å². The Kier molecular flexibility index (Phi) is 15.4. The molecule has 2 rings (SSSR count). The van der Waals surface area contributed by atoms with Gasteiger partial charge in [-0.3, -0.25) is 4.79 Å². The van der Waals surface area contributed by atoms with Crippen LogP contribution in [0.3, 0.4) is 0 Å².